The van der Waals surface area contributed by atoms with Gasteiger partial charge in [-0.25, -0.2) is 0 Å². The van der Waals surface area contributed by atoms with Crippen molar-refractivity contribution in [1.29, 1.82) is 0 Å². The van der Waals surface area contributed by atoms with Crippen LogP contribution in [0, 0.1) is 0 Å². The van der Waals surface area contributed by atoms with Crippen molar-refractivity contribution in [3.05, 3.63) is 42.2 Å². The van der Waals surface area contributed by atoms with Crippen LogP contribution in [0.25, 0.3) is 0 Å². The lowest BCUT2D eigenvalue weighted by Crippen LogP contribution is -1.92. The molecule has 0 unspecified atom stereocenters. The fourth-order valence-corrected chi connectivity index (χ4v) is 1.33. The van der Waals surface area contributed by atoms with Crippen LogP contribution in [0.4, 0.5) is 0 Å². The second-order valence-corrected chi connectivity index (χ2v) is 3.18. The van der Waals surface area contributed by atoms with Crippen LogP contribution in [0.3, 0.4) is 0 Å². The number of ether oxygens (including phenoxy) is 2. The third-order valence-corrected chi connectivity index (χ3v) is 2.12. The first-order valence-corrected chi connectivity index (χ1v) is 4.93. The number of hydrogen-bond donors (Lipinski definition) is 1. The van der Waals surface area contributed by atoms with E-state index < -0.39 is 0 Å². The minimum Gasteiger partial charge on any atom is -0.493 e. The summed E-state index contributed by atoms with van der Waals surface area (Å²) in [5.41, 5.74) is 5.44. The van der Waals surface area contributed by atoms with Crippen molar-refractivity contribution in [2.45, 2.75) is 6.54 Å². The molecule has 0 amide bonds. The average Bonchev–Trinajstić information content (AvgIpc) is 2.77. The van der Waals surface area contributed by atoms with E-state index in [0.29, 0.717) is 29.8 Å². The largest absolute Gasteiger partial charge is 0.493 e. The first kappa shape index (κ1) is 13.4. The Balaban J connectivity index is 0.00000144. The van der Waals surface area contributed by atoms with E-state index in [1.807, 2.05) is 24.3 Å². The van der Waals surface area contributed by atoms with Crippen molar-refractivity contribution in [2.75, 3.05) is 7.11 Å². The quantitative estimate of drug-likeness (QED) is 0.913. The van der Waals surface area contributed by atoms with Gasteiger partial charge >= 0.3 is 0 Å². The van der Waals surface area contributed by atoms with Gasteiger partial charge in [0.15, 0.2) is 11.5 Å². The standard InChI is InChI=1S/C12H13NO3.ClH/c1-14-10-4-2-3-5-11(10)16-12-7-6-9(8-13)15-12;/h2-7H,8,13H2,1H3;1H. The Labute approximate surface area is 106 Å². The predicted molar refractivity (Wildman–Crippen MR) is 66.9 cm³/mol. The van der Waals surface area contributed by atoms with Crippen LogP contribution >= 0.6 is 12.4 Å². The number of rotatable bonds is 4. The van der Waals surface area contributed by atoms with E-state index in [2.05, 4.69) is 0 Å². The molecule has 4 nitrogen and oxygen atoms in total. The second-order valence-electron chi connectivity index (χ2n) is 3.18. The van der Waals surface area contributed by atoms with Crippen LogP contribution in [-0.2, 0) is 6.54 Å². The normalized spacial score (nSPS) is 9.53. The van der Waals surface area contributed by atoms with Crippen LogP contribution < -0.4 is 15.2 Å². The van der Waals surface area contributed by atoms with Gasteiger partial charge in [-0.1, -0.05) is 12.1 Å². The molecule has 2 aromatic rings. The summed E-state index contributed by atoms with van der Waals surface area (Å²) in [4.78, 5) is 0. The summed E-state index contributed by atoms with van der Waals surface area (Å²) < 4.78 is 16.0. The smallest absolute Gasteiger partial charge is 0.290 e. The fraction of sp³-hybridized carbons (Fsp3) is 0.167. The van der Waals surface area contributed by atoms with Gasteiger partial charge in [-0.2, -0.15) is 0 Å². The number of methoxy groups -OCH3 is 1. The first-order chi connectivity index (χ1) is 7.83. The monoisotopic (exact) mass is 255 g/mol. The minimum atomic E-state index is 0. The van der Waals surface area contributed by atoms with Gasteiger partial charge in [-0.05, 0) is 18.2 Å². The molecule has 0 aliphatic heterocycles. The van der Waals surface area contributed by atoms with Gasteiger partial charge in [0.2, 0.25) is 0 Å². The summed E-state index contributed by atoms with van der Waals surface area (Å²) in [7, 11) is 1.59. The number of nitrogens with two attached hydrogens (primary N) is 1. The van der Waals surface area contributed by atoms with Crippen molar-refractivity contribution in [2.24, 2.45) is 5.73 Å². The van der Waals surface area contributed by atoms with E-state index in [-0.39, 0.29) is 12.4 Å². The van der Waals surface area contributed by atoms with Crippen LogP contribution in [0.2, 0.25) is 0 Å². The van der Waals surface area contributed by atoms with E-state index in [1.165, 1.54) is 0 Å². The molecule has 5 heteroatoms. The summed E-state index contributed by atoms with van der Waals surface area (Å²) in [5.74, 6) is 2.37. The lowest BCUT2D eigenvalue weighted by molar-refractivity contribution is 0.313. The predicted octanol–water partition coefficient (Wildman–Crippen LogP) is 2.96. The molecule has 2 N–H and O–H groups in total. The maximum atomic E-state index is 5.54. The molecule has 17 heavy (non-hydrogen) atoms. The number of benzene rings is 1. The maximum absolute atomic E-state index is 5.54. The highest BCUT2D eigenvalue weighted by atomic mass is 35.5. The Bertz CT molecular complexity index is 470. The molecule has 0 bridgehead atoms. The lowest BCUT2D eigenvalue weighted by atomic mass is 10.3. The number of hydrogen-bond acceptors (Lipinski definition) is 4. The molecule has 0 saturated heterocycles. The van der Waals surface area contributed by atoms with Gasteiger partial charge in [-0.15, -0.1) is 12.4 Å². The molecule has 0 aliphatic carbocycles. The second kappa shape index (κ2) is 6.18. The van der Waals surface area contributed by atoms with Gasteiger partial charge in [0.1, 0.15) is 5.76 Å². The highest BCUT2D eigenvalue weighted by molar-refractivity contribution is 5.85. The Morgan fingerprint density at radius 2 is 1.82 bits per heavy atom. The van der Waals surface area contributed by atoms with E-state index in [4.69, 9.17) is 19.6 Å². The molecule has 0 fully saturated rings. The third-order valence-electron chi connectivity index (χ3n) is 2.12. The fourth-order valence-electron chi connectivity index (χ4n) is 1.33. The summed E-state index contributed by atoms with van der Waals surface area (Å²) in [5, 5.41) is 0. The Morgan fingerprint density at radius 1 is 1.12 bits per heavy atom. The Kier molecular flexibility index (Phi) is 4.87. The molecule has 2 rings (SSSR count). The molecule has 0 aliphatic rings. The summed E-state index contributed by atoms with van der Waals surface area (Å²) in [6.07, 6.45) is 0. The molecule has 0 atom stereocenters. The van der Waals surface area contributed by atoms with Gasteiger partial charge in [0.25, 0.3) is 5.95 Å². The Hall–Kier alpha value is -1.65. The zero-order valence-corrected chi connectivity index (χ0v) is 10.2. The molecule has 92 valence electrons. The summed E-state index contributed by atoms with van der Waals surface area (Å²) >= 11 is 0. The average molecular weight is 256 g/mol. The van der Waals surface area contributed by atoms with Crippen LogP contribution in [0.15, 0.2) is 40.8 Å². The molecule has 1 aromatic carbocycles. The van der Waals surface area contributed by atoms with Crippen LogP contribution in [0.5, 0.6) is 17.4 Å². The third kappa shape index (κ3) is 3.15. The zero-order chi connectivity index (χ0) is 11.4. The van der Waals surface area contributed by atoms with Crippen molar-refractivity contribution in [1.82, 2.24) is 0 Å². The van der Waals surface area contributed by atoms with Crippen molar-refractivity contribution in [3.63, 3.8) is 0 Å². The van der Waals surface area contributed by atoms with Crippen LogP contribution in [-0.4, -0.2) is 7.11 Å². The molecular weight excluding hydrogens is 242 g/mol. The molecule has 1 aromatic heterocycles. The minimum absolute atomic E-state index is 0. The van der Waals surface area contributed by atoms with Crippen LogP contribution in [0.1, 0.15) is 5.76 Å². The summed E-state index contributed by atoms with van der Waals surface area (Å²) in [6.45, 7) is 0.356. The number of halogens is 1. The maximum Gasteiger partial charge on any atom is 0.290 e. The van der Waals surface area contributed by atoms with Gasteiger partial charge in [0.05, 0.1) is 13.7 Å². The van der Waals surface area contributed by atoms with E-state index in [1.54, 1.807) is 19.2 Å². The number of furan rings is 1. The number of para-hydroxylation sites is 2. The van der Waals surface area contributed by atoms with Crippen molar-refractivity contribution >= 4 is 12.4 Å². The van der Waals surface area contributed by atoms with E-state index >= 15 is 0 Å². The van der Waals surface area contributed by atoms with Crippen molar-refractivity contribution in [3.8, 4) is 17.4 Å². The highest BCUT2D eigenvalue weighted by Crippen LogP contribution is 2.31. The molecule has 1 heterocycles. The Morgan fingerprint density at radius 3 is 2.41 bits per heavy atom. The molecule has 0 spiro atoms. The van der Waals surface area contributed by atoms with Gasteiger partial charge < -0.3 is 19.6 Å². The van der Waals surface area contributed by atoms with E-state index in [9.17, 15) is 0 Å². The topological polar surface area (TPSA) is 57.6 Å². The zero-order valence-electron chi connectivity index (χ0n) is 9.38. The molecular formula is C12H14ClNO3. The van der Waals surface area contributed by atoms with Gasteiger partial charge in [0, 0.05) is 6.07 Å². The lowest BCUT2D eigenvalue weighted by Gasteiger charge is -2.06. The summed E-state index contributed by atoms with van der Waals surface area (Å²) in [6, 6.07) is 10.9. The molecule has 0 radical (unpaired) electrons. The van der Waals surface area contributed by atoms with Crippen molar-refractivity contribution < 1.29 is 13.9 Å². The van der Waals surface area contributed by atoms with E-state index in [0.717, 1.165) is 0 Å². The SMILES string of the molecule is COc1ccccc1Oc1ccc(CN)o1.Cl. The molecule has 0 saturated carbocycles. The highest BCUT2D eigenvalue weighted by Gasteiger charge is 2.07. The van der Waals surface area contributed by atoms with Gasteiger partial charge in [-0.3, -0.25) is 0 Å². The first-order valence-electron chi connectivity index (χ1n) is 4.93.